The number of methoxy groups -OCH3 is 2. The molecule has 0 aliphatic heterocycles. The lowest BCUT2D eigenvalue weighted by Gasteiger charge is -2.26. The summed E-state index contributed by atoms with van der Waals surface area (Å²) in [5, 5.41) is 9.54. The molecule has 5 nitrogen and oxygen atoms in total. The van der Waals surface area contributed by atoms with Crippen LogP contribution in [-0.2, 0) is 13.1 Å². The fraction of sp³-hybridized carbons (Fsp3) is 0.174. The van der Waals surface area contributed by atoms with Crippen LogP contribution in [0.5, 0.6) is 11.5 Å². The molecule has 0 radical (unpaired) electrons. The Morgan fingerprint density at radius 3 is 2.25 bits per heavy atom. The van der Waals surface area contributed by atoms with E-state index < -0.39 is 5.97 Å². The first kappa shape index (κ1) is 19.3. The van der Waals surface area contributed by atoms with Crippen molar-refractivity contribution in [2.75, 3.05) is 19.1 Å². The van der Waals surface area contributed by atoms with Crippen LogP contribution in [0.2, 0.25) is 0 Å². The van der Waals surface area contributed by atoms with E-state index in [1.807, 2.05) is 48.5 Å². The molecule has 28 heavy (non-hydrogen) atoms. The number of carboxylic acid groups (broad SMARTS) is 1. The molecule has 3 aromatic carbocycles. The molecule has 0 aromatic heterocycles. The number of rotatable bonds is 8. The van der Waals surface area contributed by atoms with Crippen LogP contribution in [0.1, 0.15) is 21.5 Å². The monoisotopic (exact) mass is 377 g/mol. The van der Waals surface area contributed by atoms with Gasteiger partial charge < -0.3 is 19.5 Å². The van der Waals surface area contributed by atoms with Gasteiger partial charge in [0.05, 0.1) is 14.2 Å². The predicted molar refractivity (Wildman–Crippen MR) is 109 cm³/mol. The zero-order valence-corrected chi connectivity index (χ0v) is 16.0. The van der Waals surface area contributed by atoms with Crippen LogP contribution in [-0.4, -0.2) is 25.3 Å². The third-order valence-electron chi connectivity index (χ3n) is 4.50. The van der Waals surface area contributed by atoms with Crippen LogP contribution in [0.25, 0.3) is 0 Å². The SMILES string of the molecule is COc1cccc(CN(Cc2ccccc2)c2ccc(OC)c(C(=O)O)c2)c1. The summed E-state index contributed by atoms with van der Waals surface area (Å²) in [5.41, 5.74) is 3.16. The summed E-state index contributed by atoms with van der Waals surface area (Å²) in [6, 6.07) is 23.2. The summed E-state index contributed by atoms with van der Waals surface area (Å²) in [6.45, 7) is 1.25. The number of hydrogen-bond donors (Lipinski definition) is 1. The van der Waals surface area contributed by atoms with E-state index in [0.29, 0.717) is 18.8 Å². The fourth-order valence-corrected chi connectivity index (χ4v) is 3.09. The first-order valence-electron chi connectivity index (χ1n) is 8.94. The second-order valence-electron chi connectivity index (χ2n) is 6.38. The van der Waals surface area contributed by atoms with Crippen LogP contribution < -0.4 is 14.4 Å². The molecule has 144 valence electrons. The number of ether oxygens (including phenoxy) is 2. The molecule has 3 rings (SSSR count). The molecular weight excluding hydrogens is 354 g/mol. The summed E-state index contributed by atoms with van der Waals surface area (Å²) >= 11 is 0. The van der Waals surface area contributed by atoms with Gasteiger partial charge in [-0.1, -0.05) is 42.5 Å². The number of anilines is 1. The van der Waals surface area contributed by atoms with Crippen molar-refractivity contribution in [1.82, 2.24) is 0 Å². The third-order valence-corrected chi connectivity index (χ3v) is 4.50. The highest BCUT2D eigenvalue weighted by Crippen LogP contribution is 2.28. The first-order chi connectivity index (χ1) is 13.6. The van der Waals surface area contributed by atoms with Gasteiger partial charge in [-0.3, -0.25) is 0 Å². The summed E-state index contributed by atoms with van der Waals surface area (Å²) in [7, 11) is 3.11. The lowest BCUT2D eigenvalue weighted by Crippen LogP contribution is -2.22. The van der Waals surface area contributed by atoms with Crippen LogP contribution in [0.15, 0.2) is 72.8 Å². The number of carbonyl (C=O) groups is 1. The van der Waals surface area contributed by atoms with Crippen molar-refractivity contribution in [2.24, 2.45) is 0 Å². The summed E-state index contributed by atoms with van der Waals surface area (Å²) in [6.07, 6.45) is 0. The molecule has 0 unspecified atom stereocenters. The van der Waals surface area contributed by atoms with Gasteiger partial charge in [-0.05, 0) is 41.5 Å². The highest BCUT2D eigenvalue weighted by molar-refractivity contribution is 5.92. The zero-order chi connectivity index (χ0) is 19.9. The molecule has 0 fully saturated rings. The minimum atomic E-state index is -1.01. The fourth-order valence-electron chi connectivity index (χ4n) is 3.09. The quantitative estimate of drug-likeness (QED) is 0.621. The van der Waals surface area contributed by atoms with Crippen molar-refractivity contribution in [3.05, 3.63) is 89.5 Å². The van der Waals surface area contributed by atoms with Gasteiger partial charge in [0.1, 0.15) is 17.1 Å². The van der Waals surface area contributed by atoms with Gasteiger partial charge in [-0.2, -0.15) is 0 Å². The second-order valence-corrected chi connectivity index (χ2v) is 6.38. The summed E-state index contributed by atoms with van der Waals surface area (Å²) in [4.78, 5) is 13.8. The number of nitrogens with zero attached hydrogens (tertiary/aromatic N) is 1. The third kappa shape index (κ3) is 4.62. The summed E-state index contributed by atoms with van der Waals surface area (Å²) < 4.78 is 10.5. The van der Waals surface area contributed by atoms with Crippen molar-refractivity contribution >= 4 is 11.7 Å². The maximum Gasteiger partial charge on any atom is 0.339 e. The number of aromatic carboxylic acids is 1. The van der Waals surface area contributed by atoms with E-state index in [9.17, 15) is 9.90 Å². The van der Waals surface area contributed by atoms with E-state index in [0.717, 1.165) is 22.6 Å². The van der Waals surface area contributed by atoms with Gasteiger partial charge in [0, 0.05) is 18.8 Å². The Balaban J connectivity index is 1.98. The van der Waals surface area contributed by atoms with Gasteiger partial charge in [0.25, 0.3) is 0 Å². The van der Waals surface area contributed by atoms with Gasteiger partial charge >= 0.3 is 5.97 Å². The Kier molecular flexibility index (Phi) is 6.17. The Morgan fingerprint density at radius 1 is 0.857 bits per heavy atom. The van der Waals surface area contributed by atoms with E-state index >= 15 is 0 Å². The van der Waals surface area contributed by atoms with Crippen LogP contribution in [0.4, 0.5) is 5.69 Å². The minimum absolute atomic E-state index is 0.142. The maximum atomic E-state index is 11.6. The molecule has 0 amide bonds. The predicted octanol–water partition coefficient (Wildman–Crippen LogP) is 4.61. The summed E-state index contributed by atoms with van der Waals surface area (Å²) in [5.74, 6) is 0.121. The molecule has 3 aromatic rings. The van der Waals surface area contributed by atoms with E-state index in [1.54, 1.807) is 19.2 Å². The molecular formula is C23H23NO4. The van der Waals surface area contributed by atoms with Gasteiger partial charge in [0.2, 0.25) is 0 Å². The van der Waals surface area contributed by atoms with E-state index in [2.05, 4.69) is 17.0 Å². The minimum Gasteiger partial charge on any atom is -0.497 e. The Morgan fingerprint density at radius 2 is 1.57 bits per heavy atom. The molecule has 5 heteroatoms. The Labute approximate surface area is 164 Å². The molecule has 0 saturated carbocycles. The average Bonchev–Trinajstić information content (AvgIpc) is 2.73. The maximum absolute atomic E-state index is 11.6. The van der Waals surface area contributed by atoms with Crippen molar-refractivity contribution < 1.29 is 19.4 Å². The Bertz CT molecular complexity index is 940. The lowest BCUT2D eigenvalue weighted by atomic mass is 10.1. The molecule has 0 heterocycles. The van der Waals surface area contributed by atoms with Crippen molar-refractivity contribution in [3.63, 3.8) is 0 Å². The topological polar surface area (TPSA) is 59.0 Å². The van der Waals surface area contributed by atoms with Crippen molar-refractivity contribution in [3.8, 4) is 11.5 Å². The molecule has 0 bridgehead atoms. The molecule has 0 aliphatic rings. The normalized spacial score (nSPS) is 10.4. The molecule has 0 saturated heterocycles. The van der Waals surface area contributed by atoms with Crippen molar-refractivity contribution in [2.45, 2.75) is 13.1 Å². The molecule has 0 atom stereocenters. The standard InChI is InChI=1S/C23H23NO4/c1-27-20-10-6-9-18(13-20)16-24(15-17-7-4-3-5-8-17)19-11-12-22(28-2)21(14-19)23(25)26/h3-14H,15-16H2,1-2H3,(H,25,26). The molecule has 1 N–H and O–H groups in total. The highest BCUT2D eigenvalue weighted by Gasteiger charge is 2.16. The van der Waals surface area contributed by atoms with Gasteiger partial charge in [-0.25, -0.2) is 4.79 Å². The molecule has 0 aliphatic carbocycles. The van der Waals surface area contributed by atoms with Crippen molar-refractivity contribution in [1.29, 1.82) is 0 Å². The first-order valence-corrected chi connectivity index (χ1v) is 8.94. The second kappa shape index (κ2) is 8.95. The van der Waals surface area contributed by atoms with Gasteiger partial charge in [-0.15, -0.1) is 0 Å². The molecule has 0 spiro atoms. The Hall–Kier alpha value is -3.47. The number of carboxylic acids is 1. The lowest BCUT2D eigenvalue weighted by molar-refractivity contribution is 0.0693. The zero-order valence-electron chi connectivity index (χ0n) is 16.0. The average molecular weight is 377 g/mol. The van der Waals surface area contributed by atoms with Crippen LogP contribution >= 0.6 is 0 Å². The van der Waals surface area contributed by atoms with E-state index in [-0.39, 0.29) is 5.56 Å². The smallest absolute Gasteiger partial charge is 0.339 e. The number of benzene rings is 3. The van der Waals surface area contributed by atoms with E-state index in [4.69, 9.17) is 9.47 Å². The van der Waals surface area contributed by atoms with E-state index in [1.165, 1.54) is 7.11 Å². The largest absolute Gasteiger partial charge is 0.497 e. The number of hydrogen-bond acceptors (Lipinski definition) is 4. The highest BCUT2D eigenvalue weighted by atomic mass is 16.5. The van der Waals surface area contributed by atoms with Crippen LogP contribution in [0, 0.1) is 0 Å². The van der Waals surface area contributed by atoms with Crippen LogP contribution in [0.3, 0.4) is 0 Å². The van der Waals surface area contributed by atoms with Gasteiger partial charge in [0.15, 0.2) is 0 Å².